The van der Waals surface area contributed by atoms with Crippen LogP contribution in [-0.4, -0.2) is 45.7 Å². The van der Waals surface area contributed by atoms with Crippen molar-refractivity contribution in [3.63, 3.8) is 0 Å². The van der Waals surface area contributed by atoms with Crippen molar-refractivity contribution < 1.29 is 9.53 Å². The zero-order valence-electron chi connectivity index (χ0n) is 14.4. The van der Waals surface area contributed by atoms with Crippen molar-refractivity contribution in [2.45, 2.75) is 26.1 Å². The Bertz CT molecular complexity index is 891. The number of rotatable bonds is 2. The summed E-state index contributed by atoms with van der Waals surface area (Å²) < 4.78 is 7.74. The highest BCUT2D eigenvalue weighted by molar-refractivity contribution is 5.94. The van der Waals surface area contributed by atoms with Gasteiger partial charge in [-0.15, -0.1) is 0 Å². The van der Waals surface area contributed by atoms with Crippen LogP contribution in [0.15, 0.2) is 54.9 Å². The number of benzene rings is 2. The van der Waals surface area contributed by atoms with Gasteiger partial charge in [0, 0.05) is 24.3 Å². The van der Waals surface area contributed by atoms with Crippen LogP contribution >= 0.6 is 0 Å². The smallest absolute Gasteiger partial charge is 0.254 e. The molecule has 3 aromatic rings. The van der Waals surface area contributed by atoms with Crippen molar-refractivity contribution in [2.24, 2.45) is 0 Å². The molecule has 1 amide bonds. The zero-order valence-corrected chi connectivity index (χ0v) is 14.4. The molecule has 0 saturated carbocycles. The van der Waals surface area contributed by atoms with Gasteiger partial charge in [-0.2, -0.15) is 0 Å². The third-order valence-electron chi connectivity index (χ3n) is 4.55. The fourth-order valence-electron chi connectivity index (χ4n) is 3.46. The molecule has 4 rings (SSSR count). The number of morpholine rings is 1. The molecule has 1 saturated heterocycles. The van der Waals surface area contributed by atoms with Crippen molar-refractivity contribution >= 4 is 16.9 Å². The lowest BCUT2D eigenvalue weighted by Crippen LogP contribution is -2.48. The van der Waals surface area contributed by atoms with E-state index < -0.39 is 0 Å². The topological polar surface area (TPSA) is 47.4 Å². The maximum atomic E-state index is 12.8. The predicted octanol–water partition coefficient (Wildman–Crippen LogP) is 3.27. The number of carbonyl (C=O) groups excluding carboxylic acids is 1. The van der Waals surface area contributed by atoms with E-state index in [1.165, 1.54) is 0 Å². The monoisotopic (exact) mass is 335 g/mol. The summed E-state index contributed by atoms with van der Waals surface area (Å²) in [6, 6.07) is 15.7. The van der Waals surface area contributed by atoms with E-state index in [0.717, 1.165) is 16.7 Å². The van der Waals surface area contributed by atoms with Crippen LogP contribution in [0.3, 0.4) is 0 Å². The lowest BCUT2D eigenvalue weighted by Gasteiger charge is -2.35. The number of hydrogen-bond donors (Lipinski definition) is 0. The summed E-state index contributed by atoms with van der Waals surface area (Å²) in [7, 11) is 0. The van der Waals surface area contributed by atoms with Crippen LogP contribution in [-0.2, 0) is 4.74 Å². The van der Waals surface area contributed by atoms with Crippen LogP contribution in [0.1, 0.15) is 24.2 Å². The lowest BCUT2D eigenvalue weighted by molar-refractivity contribution is -0.0586. The molecule has 2 unspecified atom stereocenters. The number of fused-ring (bicyclic) bond motifs is 1. The Morgan fingerprint density at radius 3 is 2.44 bits per heavy atom. The van der Waals surface area contributed by atoms with Gasteiger partial charge in [0.05, 0.1) is 23.2 Å². The Morgan fingerprint density at radius 1 is 1.04 bits per heavy atom. The number of aromatic nitrogens is 2. The summed E-state index contributed by atoms with van der Waals surface area (Å²) in [5.41, 5.74) is 3.71. The fourth-order valence-corrected chi connectivity index (χ4v) is 3.46. The van der Waals surface area contributed by atoms with Crippen molar-refractivity contribution in [1.29, 1.82) is 0 Å². The highest BCUT2D eigenvalue weighted by Crippen LogP contribution is 2.20. The molecule has 1 aliphatic heterocycles. The molecule has 0 N–H and O–H groups in total. The Kier molecular flexibility index (Phi) is 4.01. The molecule has 1 fully saturated rings. The van der Waals surface area contributed by atoms with Gasteiger partial charge in [0.25, 0.3) is 5.91 Å². The fraction of sp³-hybridized carbons (Fsp3) is 0.300. The number of ether oxygens (including phenoxy) is 1. The summed E-state index contributed by atoms with van der Waals surface area (Å²) >= 11 is 0. The van der Waals surface area contributed by atoms with Gasteiger partial charge in [-0.25, -0.2) is 4.98 Å². The van der Waals surface area contributed by atoms with Crippen molar-refractivity contribution in [2.75, 3.05) is 13.1 Å². The van der Waals surface area contributed by atoms with Gasteiger partial charge >= 0.3 is 0 Å². The van der Waals surface area contributed by atoms with E-state index in [1.807, 2.05) is 78.2 Å². The summed E-state index contributed by atoms with van der Waals surface area (Å²) in [6.45, 7) is 5.28. The number of imidazole rings is 1. The molecular formula is C20H21N3O2. The highest BCUT2D eigenvalue weighted by atomic mass is 16.5. The van der Waals surface area contributed by atoms with E-state index in [-0.39, 0.29) is 18.1 Å². The molecule has 128 valence electrons. The van der Waals surface area contributed by atoms with Gasteiger partial charge in [-0.05, 0) is 50.2 Å². The minimum atomic E-state index is 0.0593. The van der Waals surface area contributed by atoms with Crippen LogP contribution in [0.2, 0.25) is 0 Å². The van der Waals surface area contributed by atoms with E-state index >= 15 is 0 Å². The van der Waals surface area contributed by atoms with Crippen LogP contribution in [0, 0.1) is 0 Å². The summed E-state index contributed by atoms with van der Waals surface area (Å²) in [5, 5.41) is 0. The summed E-state index contributed by atoms with van der Waals surface area (Å²) in [5.74, 6) is 0.0593. The number of carbonyl (C=O) groups is 1. The summed E-state index contributed by atoms with van der Waals surface area (Å²) in [6.07, 6.45) is 1.96. The van der Waals surface area contributed by atoms with E-state index in [9.17, 15) is 4.79 Å². The van der Waals surface area contributed by atoms with Crippen LogP contribution in [0.4, 0.5) is 0 Å². The number of hydrogen-bond acceptors (Lipinski definition) is 3. The molecule has 0 spiro atoms. The van der Waals surface area contributed by atoms with Gasteiger partial charge in [0.2, 0.25) is 0 Å². The largest absolute Gasteiger partial charge is 0.372 e. The second kappa shape index (κ2) is 6.33. The van der Waals surface area contributed by atoms with Gasteiger partial charge in [0.1, 0.15) is 6.33 Å². The molecular weight excluding hydrogens is 314 g/mol. The first-order valence-corrected chi connectivity index (χ1v) is 8.59. The molecule has 2 atom stereocenters. The molecule has 0 aliphatic carbocycles. The first-order valence-electron chi connectivity index (χ1n) is 8.59. The summed E-state index contributed by atoms with van der Waals surface area (Å²) in [4.78, 5) is 19.0. The lowest BCUT2D eigenvalue weighted by atomic mass is 10.1. The maximum Gasteiger partial charge on any atom is 0.254 e. The van der Waals surface area contributed by atoms with Crippen LogP contribution in [0.5, 0.6) is 0 Å². The van der Waals surface area contributed by atoms with Crippen molar-refractivity contribution in [1.82, 2.24) is 14.5 Å². The quantitative estimate of drug-likeness (QED) is 0.722. The Balaban J connectivity index is 1.59. The Hall–Kier alpha value is -2.66. The predicted molar refractivity (Wildman–Crippen MR) is 97.0 cm³/mol. The van der Waals surface area contributed by atoms with Crippen LogP contribution < -0.4 is 0 Å². The average Bonchev–Trinajstić information content (AvgIpc) is 3.04. The Morgan fingerprint density at radius 2 is 1.72 bits per heavy atom. The molecule has 5 nitrogen and oxygen atoms in total. The first kappa shape index (κ1) is 15.8. The molecule has 25 heavy (non-hydrogen) atoms. The molecule has 0 bridgehead atoms. The maximum absolute atomic E-state index is 12.8. The second-order valence-corrected chi connectivity index (χ2v) is 6.62. The highest BCUT2D eigenvalue weighted by Gasteiger charge is 2.26. The third kappa shape index (κ3) is 3.03. The molecule has 2 heterocycles. The van der Waals surface area contributed by atoms with Gasteiger partial charge < -0.3 is 9.64 Å². The number of para-hydroxylation sites is 2. The van der Waals surface area contributed by atoms with Crippen molar-refractivity contribution in [3.8, 4) is 5.69 Å². The third-order valence-corrected chi connectivity index (χ3v) is 4.55. The van der Waals surface area contributed by atoms with E-state index in [2.05, 4.69) is 4.98 Å². The SMILES string of the molecule is CC1CN(C(=O)c2ccc(-n3cnc4ccccc43)cc2)CC(C)O1. The first-order chi connectivity index (χ1) is 12.1. The van der Waals surface area contributed by atoms with Gasteiger partial charge in [-0.3, -0.25) is 9.36 Å². The zero-order chi connectivity index (χ0) is 17.4. The van der Waals surface area contributed by atoms with Crippen molar-refractivity contribution in [3.05, 3.63) is 60.4 Å². The minimum absolute atomic E-state index is 0.0593. The average molecular weight is 335 g/mol. The van der Waals surface area contributed by atoms with Gasteiger partial charge in [-0.1, -0.05) is 12.1 Å². The van der Waals surface area contributed by atoms with Crippen LogP contribution in [0.25, 0.3) is 16.7 Å². The second-order valence-electron chi connectivity index (χ2n) is 6.62. The molecule has 2 aromatic carbocycles. The van der Waals surface area contributed by atoms with E-state index in [4.69, 9.17) is 4.74 Å². The molecule has 0 radical (unpaired) electrons. The van der Waals surface area contributed by atoms with Gasteiger partial charge in [0.15, 0.2) is 0 Å². The number of nitrogens with zero attached hydrogens (tertiary/aromatic N) is 3. The van der Waals surface area contributed by atoms with E-state index in [0.29, 0.717) is 18.7 Å². The standard InChI is InChI=1S/C20H21N3O2/c1-14-11-22(12-15(2)25-14)20(24)16-7-9-17(10-8-16)23-13-21-18-5-3-4-6-19(18)23/h3-10,13-15H,11-12H2,1-2H3. The normalized spacial score (nSPS) is 20.8. The van der Waals surface area contributed by atoms with E-state index in [1.54, 1.807) is 0 Å². The minimum Gasteiger partial charge on any atom is -0.372 e. The number of amides is 1. The molecule has 1 aromatic heterocycles. The molecule has 1 aliphatic rings. The Labute approximate surface area is 146 Å². The molecule has 5 heteroatoms.